The van der Waals surface area contributed by atoms with E-state index in [1.54, 1.807) is 0 Å². The first kappa shape index (κ1) is 14.2. The van der Waals surface area contributed by atoms with Gasteiger partial charge in [-0.1, -0.05) is 26.7 Å². The normalized spacial score (nSPS) is 13.3. The van der Waals surface area contributed by atoms with Gasteiger partial charge in [0.25, 0.3) is 0 Å². The monoisotopic (exact) mass is 238 g/mol. The molecule has 1 aromatic heterocycles. The fourth-order valence-electron chi connectivity index (χ4n) is 2.33. The molecule has 0 spiro atoms. The Bertz CT molecular complexity index is 328. The quantitative estimate of drug-likeness (QED) is 0.567. The van der Waals surface area contributed by atoms with Gasteiger partial charge in [-0.2, -0.15) is 5.10 Å². The van der Waals surface area contributed by atoms with E-state index in [0.29, 0.717) is 0 Å². The van der Waals surface area contributed by atoms with Gasteiger partial charge in [0, 0.05) is 6.54 Å². The minimum Gasteiger partial charge on any atom is -0.271 e. The van der Waals surface area contributed by atoms with Crippen molar-refractivity contribution in [3.05, 3.63) is 17.5 Å². The maximum atomic E-state index is 5.70. The summed E-state index contributed by atoms with van der Waals surface area (Å²) in [6.45, 7) is 9.51. The summed E-state index contributed by atoms with van der Waals surface area (Å²) >= 11 is 0. The van der Waals surface area contributed by atoms with E-state index in [9.17, 15) is 0 Å². The second-order valence-electron chi connectivity index (χ2n) is 4.66. The van der Waals surface area contributed by atoms with Gasteiger partial charge in [0.1, 0.15) is 0 Å². The highest BCUT2D eigenvalue weighted by molar-refractivity contribution is 5.13. The predicted molar refractivity (Wildman–Crippen MR) is 71.4 cm³/mol. The van der Waals surface area contributed by atoms with E-state index in [4.69, 9.17) is 5.84 Å². The maximum Gasteiger partial charge on any atom is 0.0631 e. The fraction of sp³-hybridized carbons (Fsp3) is 0.769. The number of aryl methyl sites for hydroxylation is 2. The number of nitrogens with two attached hydrogens (primary N) is 1. The molecule has 98 valence electrons. The number of nitrogens with zero attached hydrogens (tertiary/aromatic N) is 2. The van der Waals surface area contributed by atoms with Gasteiger partial charge in [0.05, 0.1) is 17.4 Å². The highest BCUT2D eigenvalue weighted by atomic mass is 15.3. The summed E-state index contributed by atoms with van der Waals surface area (Å²) in [5.41, 5.74) is 5.21. The van der Waals surface area contributed by atoms with Crippen LogP contribution < -0.4 is 11.3 Å². The Hall–Kier alpha value is -0.870. The second-order valence-corrected chi connectivity index (χ2v) is 4.66. The average molecular weight is 238 g/mol. The molecule has 0 radical (unpaired) electrons. The number of hydrogen-bond donors (Lipinski definition) is 2. The molecule has 1 aromatic rings. The lowest BCUT2D eigenvalue weighted by molar-refractivity contribution is 0.359. The van der Waals surface area contributed by atoms with Crippen LogP contribution in [-0.2, 0) is 6.54 Å². The molecule has 0 aliphatic carbocycles. The Kier molecular flexibility index (Phi) is 5.65. The van der Waals surface area contributed by atoms with E-state index in [-0.39, 0.29) is 6.04 Å². The van der Waals surface area contributed by atoms with E-state index in [2.05, 4.69) is 37.4 Å². The minimum absolute atomic E-state index is 0.209. The van der Waals surface area contributed by atoms with Gasteiger partial charge in [0.2, 0.25) is 0 Å². The van der Waals surface area contributed by atoms with E-state index in [1.165, 1.54) is 18.5 Å². The van der Waals surface area contributed by atoms with Crippen molar-refractivity contribution in [3.8, 4) is 0 Å². The summed E-state index contributed by atoms with van der Waals surface area (Å²) < 4.78 is 2.04. The van der Waals surface area contributed by atoms with Crippen LogP contribution in [0.15, 0.2) is 6.07 Å². The van der Waals surface area contributed by atoms with Crippen molar-refractivity contribution in [3.63, 3.8) is 0 Å². The van der Waals surface area contributed by atoms with Gasteiger partial charge in [-0.15, -0.1) is 0 Å². The summed E-state index contributed by atoms with van der Waals surface area (Å²) in [4.78, 5) is 0. The number of aromatic nitrogens is 2. The predicted octanol–water partition coefficient (Wildman–Crippen LogP) is 2.54. The number of hydrazine groups is 1. The molecule has 0 aliphatic rings. The lowest BCUT2D eigenvalue weighted by atomic mass is 9.93. The van der Waals surface area contributed by atoms with Crippen LogP contribution in [0.25, 0.3) is 0 Å². The SMILES string of the molecule is CCC(CC)CC(NN)c1cc(C)nn1CC. The van der Waals surface area contributed by atoms with Gasteiger partial charge in [-0.3, -0.25) is 16.0 Å². The second kappa shape index (κ2) is 6.77. The average Bonchev–Trinajstić information content (AvgIpc) is 2.72. The molecule has 0 saturated heterocycles. The third kappa shape index (κ3) is 3.54. The zero-order valence-electron chi connectivity index (χ0n) is 11.5. The van der Waals surface area contributed by atoms with Gasteiger partial charge in [0.15, 0.2) is 0 Å². The highest BCUT2D eigenvalue weighted by Gasteiger charge is 2.18. The molecule has 1 atom stereocenters. The number of nitrogens with one attached hydrogen (secondary N) is 1. The van der Waals surface area contributed by atoms with Crippen LogP contribution >= 0.6 is 0 Å². The van der Waals surface area contributed by atoms with Crippen LogP contribution in [0, 0.1) is 12.8 Å². The van der Waals surface area contributed by atoms with Crippen LogP contribution in [-0.4, -0.2) is 9.78 Å². The molecular weight excluding hydrogens is 212 g/mol. The molecule has 4 heteroatoms. The Morgan fingerprint density at radius 1 is 1.35 bits per heavy atom. The Morgan fingerprint density at radius 2 is 2.00 bits per heavy atom. The first-order valence-electron chi connectivity index (χ1n) is 6.66. The zero-order chi connectivity index (χ0) is 12.8. The summed E-state index contributed by atoms with van der Waals surface area (Å²) in [6, 6.07) is 2.34. The van der Waals surface area contributed by atoms with Crippen LogP contribution in [0.4, 0.5) is 0 Å². The summed E-state index contributed by atoms with van der Waals surface area (Å²) in [5, 5.41) is 4.48. The third-order valence-electron chi connectivity index (χ3n) is 3.51. The summed E-state index contributed by atoms with van der Waals surface area (Å²) in [6.07, 6.45) is 3.48. The molecule has 0 bridgehead atoms. The summed E-state index contributed by atoms with van der Waals surface area (Å²) in [7, 11) is 0. The molecule has 1 unspecified atom stereocenters. The molecule has 17 heavy (non-hydrogen) atoms. The van der Waals surface area contributed by atoms with E-state index in [1.807, 2.05) is 11.6 Å². The summed E-state index contributed by atoms with van der Waals surface area (Å²) in [5.74, 6) is 6.42. The molecule has 0 aromatic carbocycles. The topological polar surface area (TPSA) is 55.9 Å². The van der Waals surface area contributed by atoms with E-state index in [0.717, 1.165) is 24.6 Å². The van der Waals surface area contributed by atoms with Crippen molar-refractivity contribution in [2.24, 2.45) is 11.8 Å². The Morgan fingerprint density at radius 3 is 2.47 bits per heavy atom. The fourth-order valence-corrected chi connectivity index (χ4v) is 2.33. The van der Waals surface area contributed by atoms with Crippen molar-refractivity contribution >= 4 is 0 Å². The van der Waals surface area contributed by atoms with Gasteiger partial charge in [-0.05, 0) is 32.3 Å². The zero-order valence-corrected chi connectivity index (χ0v) is 11.5. The minimum atomic E-state index is 0.209. The van der Waals surface area contributed by atoms with Gasteiger partial charge >= 0.3 is 0 Å². The van der Waals surface area contributed by atoms with Gasteiger partial charge < -0.3 is 0 Å². The molecule has 3 N–H and O–H groups in total. The highest BCUT2D eigenvalue weighted by Crippen LogP contribution is 2.25. The number of rotatable bonds is 7. The molecular formula is C13H26N4. The molecule has 4 nitrogen and oxygen atoms in total. The molecule has 1 rings (SSSR count). The molecule has 0 saturated carbocycles. The lowest BCUT2D eigenvalue weighted by Crippen LogP contribution is -2.31. The van der Waals surface area contributed by atoms with E-state index >= 15 is 0 Å². The van der Waals surface area contributed by atoms with Crippen molar-refractivity contribution in [1.82, 2.24) is 15.2 Å². The lowest BCUT2D eigenvalue weighted by Gasteiger charge is -2.21. The van der Waals surface area contributed by atoms with Crippen LogP contribution in [0.5, 0.6) is 0 Å². The van der Waals surface area contributed by atoms with Crippen LogP contribution in [0.2, 0.25) is 0 Å². The van der Waals surface area contributed by atoms with Gasteiger partial charge in [-0.25, -0.2) is 0 Å². The number of hydrogen-bond acceptors (Lipinski definition) is 3. The molecule has 0 fully saturated rings. The maximum absolute atomic E-state index is 5.70. The first-order valence-corrected chi connectivity index (χ1v) is 6.66. The molecule has 0 aliphatic heterocycles. The first-order chi connectivity index (χ1) is 8.15. The molecule has 0 amide bonds. The molecule has 1 heterocycles. The van der Waals surface area contributed by atoms with Crippen molar-refractivity contribution in [1.29, 1.82) is 0 Å². The smallest absolute Gasteiger partial charge is 0.0631 e. The standard InChI is InChI=1S/C13H26N4/c1-5-11(6-2)9-12(15-14)13-8-10(4)16-17(13)7-3/h8,11-12,15H,5-7,9,14H2,1-4H3. The third-order valence-corrected chi connectivity index (χ3v) is 3.51. The Labute approximate surface area is 105 Å². The largest absolute Gasteiger partial charge is 0.271 e. The van der Waals surface area contributed by atoms with Crippen LogP contribution in [0.3, 0.4) is 0 Å². The van der Waals surface area contributed by atoms with Crippen molar-refractivity contribution < 1.29 is 0 Å². The van der Waals surface area contributed by atoms with Crippen LogP contribution in [0.1, 0.15) is 57.5 Å². The van der Waals surface area contributed by atoms with Crippen molar-refractivity contribution in [2.75, 3.05) is 0 Å². The van der Waals surface area contributed by atoms with Crippen molar-refractivity contribution in [2.45, 2.75) is 59.5 Å². The van der Waals surface area contributed by atoms with E-state index < -0.39 is 0 Å². The Balaban J connectivity index is 2.84.